The molecule has 5 heteroatoms. The first-order valence-electron chi connectivity index (χ1n) is 8.21. The number of amides is 1. The molecule has 1 N–H and O–H groups in total. The molecular formula is C20H20FN3O. The van der Waals surface area contributed by atoms with E-state index in [1.165, 1.54) is 12.1 Å². The van der Waals surface area contributed by atoms with E-state index in [4.69, 9.17) is 0 Å². The number of benzene rings is 2. The fourth-order valence-corrected chi connectivity index (χ4v) is 2.74. The van der Waals surface area contributed by atoms with Crippen LogP contribution in [0, 0.1) is 5.82 Å². The second kappa shape index (κ2) is 7.75. The van der Waals surface area contributed by atoms with Crippen LogP contribution in [-0.4, -0.2) is 15.7 Å². The third-order valence-electron chi connectivity index (χ3n) is 3.95. The van der Waals surface area contributed by atoms with Crippen molar-refractivity contribution in [1.82, 2.24) is 15.1 Å². The van der Waals surface area contributed by atoms with Crippen LogP contribution >= 0.6 is 0 Å². The van der Waals surface area contributed by atoms with Gasteiger partial charge in [0.25, 0.3) is 0 Å². The Hall–Kier alpha value is -2.95. The van der Waals surface area contributed by atoms with Gasteiger partial charge in [0.1, 0.15) is 5.82 Å². The molecule has 3 aromatic rings. The Kier molecular flexibility index (Phi) is 5.23. The zero-order valence-electron chi connectivity index (χ0n) is 14.1. The number of nitrogens with zero attached hydrogens (tertiary/aromatic N) is 2. The summed E-state index contributed by atoms with van der Waals surface area (Å²) in [6, 6.07) is 16.2. The normalized spacial score (nSPS) is 10.6. The predicted molar refractivity (Wildman–Crippen MR) is 95.2 cm³/mol. The molecule has 0 aliphatic rings. The number of nitrogens with one attached hydrogen (secondary N) is 1. The molecule has 0 bridgehead atoms. The standard InChI is InChI=1S/C20H20FN3O/c1-24-14-17(20(23-24)16-7-3-2-4-8-16)10-11-19(25)22-13-15-6-5-9-18(21)12-15/h2-9,12,14H,10-11,13H2,1H3,(H,22,25). The van der Waals surface area contributed by atoms with E-state index >= 15 is 0 Å². The van der Waals surface area contributed by atoms with E-state index in [0.717, 1.165) is 22.4 Å². The van der Waals surface area contributed by atoms with Gasteiger partial charge in [0, 0.05) is 31.8 Å². The van der Waals surface area contributed by atoms with Crippen LogP contribution in [0.1, 0.15) is 17.5 Å². The predicted octanol–water partition coefficient (Wildman–Crippen LogP) is 3.48. The van der Waals surface area contributed by atoms with Crippen LogP contribution in [0.5, 0.6) is 0 Å². The monoisotopic (exact) mass is 337 g/mol. The van der Waals surface area contributed by atoms with E-state index in [9.17, 15) is 9.18 Å². The number of aryl methyl sites for hydroxylation is 2. The maximum atomic E-state index is 13.1. The van der Waals surface area contributed by atoms with E-state index in [-0.39, 0.29) is 11.7 Å². The van der Waals surface area contributed by atoms with Crippen LogP contribution in [0.15, 0.2) is 60.8 Å². The molecule has 0 aliphatic carbocycles. The summed E-state index contributed by atoms with van der Waals surface area (Å²) in [7, 11) is 1.87. The van der Waals surface area contributed by atoms with Crippen molar-refractivity contribution in [3.63, 3.8) is 0 Å². The largest absolute Gasteiger partial charge is 0.352 e. The van der Waals surface area contributed by atoms with Crippen molar-refractivity contribution in [2.45, 2.75) is 19.4 Å². The Morgan fingerprint density at radius 1 is 1.16 bits per heavy atom. The Morgan fingerprint density at radius 3 is 2.72 bits per heavy atom. The molecule has 0 saturated carbocycles. The highest BCUT2D eigenvalue weighted by Crippen LogP contribution is 2.22. The molecule has 0 spiro atoms. The summed E-state index contributed by atoms with van der Waals surface area (Å²) in [5.74, 6) is -0.360. The zero-order chi connectivity index (χ0) is 17.6. The van der Waals surface area contributed by atoms with Gasteiger partial charge < -0.3 is 5.32 Å². The SMILES string of the molecule is Cn1cc(CCC(=O)NCc2cccc(F)c2)c(-c2ccccc2)n1. The second-order valence-corrected chi connectivity index (χ2v) is 5.95. The lowest BCUT2D eigenvalue weighted by molar-refractivity contribution is -0.121. The Morgan fingerprint density at radius 2 is 1.96 bits per heavy atom. The van der Waals surface area contributed by atoms with Gasteiger partial charge in [-0.1, -0.05) is 42.5 Å². The number of rotatable bonds is 6. The third-order valence-corrected chi connectivity index (χ3v) is 3.95. The van der Waals surface area contributed by atoms with Gasteiger partial charge in [0.15, 0.2) is 0 Å². The Balaban J connectivity index is 1.59. The number of halogens is 1. The lowest BCUT2D eigenvalue weighted by Crippen LogP contribution is -2.23. The fourth-order valence-electron chi connectivity index (χ4n) is 2.74. The Labute approximate surface area is 146 Å². The van der Waals surface area contributed by atoms with Gasteiger partial charge in [-0.25, -0.2) is 4.39 Å². The van der Waals surface area contributed by atoms with Crippen molar-refractivity contribution in [3.05, 3.63) is 77.7 Å². The van der Waals surface area contributed by atoms with Crippen molar-refractivity contribution in [2.24, 2.45) is 7.05 Å². The summed E-state index contributed by atoms with van der Waals surface area (Å²) in [6.07, 6.45) is 2.91. The number of carbonyl (C=O) groups is 1. The molecule has 25 heavy (non-hydrogen) atoms. The molecule has 128 valence electrons. The molecule has 0 atom stereocenters. The van der Waals surface area contributed by atoms with Crippen LogP contribution in [0.3, 0.4) is 0 Å². The summed E-state index contributed by atoms with van der Waals surface area (Å²) in [6.45, 7) is 0.329. The van der Waals surface area contributed by atoms with Crippen LogP contribution < -0.4 is 5.32 Å². The Bertz CT molecular complexity index is 858. The van der Waals surface area contributed by atoms with Gasteiger partial charge in [-0.05, 0) is 29.7 Å². The summed E-state index contributed by atoms with van der Waals surface area (Å²) >= 11 is 0. The first-order valence-corrected chi connectivity index (χ1v) is 8.21. The van der Waals surface area contributed by atoms with Crippen molar-refractivity contribution in [2.75, 3.05) is 0 Å². The number of carbonyl (C=O) groups excluding carboxylic acids is 1. The van der Waals surface area contributed by atoms with E-state index in [1.54, 1.807) is 16.8 Å². The molecule has 1 aromatic heterocycles. The molecule has 4 nitrogen and oxygen atoms in total. The van der Waals surface area contributed by atoms with E-state index in [1.807, 2.05) is 43.6 Å². The molecule has 3 rings (SSSR count). The van der Waals surface area contributed by atoms with Gasteiger partial charge in [0.05, 0.1) is 5.69 Å². The average Bonchev–Trinajstić information content (AvgIpc) is 3.00. The lowest BCUT2D eigenvalue weighted by atomic mass is 10.0. The molecule has 0 saturated heterocycles. The van der Waals surface area contributed by atoms with Gasteiger partial charge >= 0.3 is 0 Å². The van der Waals surface area contributed by atoms with Gasteiger partial charge in [-0.3, -0.25) is 9.48 Å². The van der Waals surface area contributed by atoms with Crippen LogP contribution in [0.25, 0.3) is 11.3 Å². The highest BCUT2D eigenvalue weighted by Gasteiger charge is 2.11. The minimum atomic E-state index is -0.297. The molecule has 0 radical (unpaired) electrons. The first kappa shape index (κ1) is 16.9. The van der Waals surface area contributed by atoms with Gasteiger partial charge in [-0.2, -0.15) is 5.10 Å². The summed E-state index contributed by atoms with van der Waals surface area (Å²) in [5, 5.41) is 7.34. The van der Waals surface area contributed by atoms with Crippen molar-refractivity contribution >= 4 is 5.91 Å². The minimum Gasteiger partial charge on any atom is -0.352 e. The molecular weight excluding hydrogens is 317 g/mol. The molecule has 2 aromatic carbocycles. The van der Waals surface area contributed by atoms with E-state index < -0.39 is 0 Å². The maximum absolute atomic E-state index is 13.1. The molecule has 0 aliphatic heterocycles. The summed E-state index contributed by atoms with van der Waals surface area (Å²) in [4.78, 5) is 12.1. The quantitative estimate of drug-likeness (QED) is 0.749. The minimum absolute atomic E-state index is 0.0628. The fraction of sp³-hybridized carbons (Fsp3) is 0.200. The van der Waals surface area contributed by atoms with Crippen LogP contribution in [0.2, 0.25) is 0 Å². The average molecular weight is 337 g/mol. The number of hydrogen-bond acceptors (Lipinski definition) is 2. The maximum Gasteiger partial charge on any atom is 0.220 e. The van der Waals surface area contributed by atoms with Crippen LogP contribution in [0.4, 0.5) is 4.39 Å². The van der Waals surface area contributed by atoms with Gasteiger partial charge in [-0.15, -0.1) is 0 Å². The van der Waals surface area contributed by atoms with Gasteiger partial charge in [0.2, 0.25) is 5.91 Å². The molecule has 0 fully saturated rings. The first-order chi connectivity index (χ1) is 12.1. The van der Waals surface area contributed by atoms with E-state index in [0.29, 0.717) is 19.4 Å². The lowest BCUT2D eigenvalue weighted by Gasteiger charge is -2.06. The summed E-state index contributed by atoms with van der Waals surface area (Å²) in [5.41, 5.74) is 3.73. The molecule has 0 unspecified atom stereocenters. The number of hydrogen-bond donors (Lipinski definition) is 1. The topological polar surface area (TPSA) is 46.9 Å². The number of aromatic nitrogens is 2. The highest BCUT2D eigenvalue weighted by molar-refractivity contribution is 5.76. The second-order valence-electron chi connectivity index (χ2n) is 5.95. The van der Waals surface area contributed by atoms with Crippen molar-refractivity contribution < 1.29 is 9.18 Å². The molecule has 1 amide bonds. The van der Waals surface area contributed by atoms with Crippen LogP contribution in [-0.2, 0) is 24.8 Å². The van der Waals surface area contributed by atoms with E-state index in [2.05, 4.69) is 10.4 Å². The highest BCUT2D eigenvalue weighted by atomic mass is 19.1. The zero-order valence-corrected chi connectivity index (χ0v) is 14.1. The van der Waals surface area contributed by atoms with Crippen molar-refractivity contribution in [1.29, 1.82) is 0 Å². The summed E-state index contributed by atoms with van der Waals surface area (Å²) < 4.78 is 14.9. The van der Waals surface area contributed by atoms with Crippen molar-refractivity contribution in [3.8, 4) is 11.3 Å². The smallest absolute Gasteiger partial charge is 0.220 e. The molecule has 1 heterocycles. The third kappa shape index (κ3) is 4.53.